The lowest BCUT2D eigenvalue weighted by molar-refractivity contribution is -0.662. The fourth-order valence-corrected chi connectivity index (χ4v) is 3.10. The van der Waals surface area contributed by atoms with Crippen molar-refractivity contribution in [3.63, 3.8) is 0 Å². The first-order chi connectivity index (χ1) is 11.7. The summed E-state index contributed by atoms with van der Waals surface area (Å²) in [6, 6.07) is 19.6. The van der Waals surface area contributed by atoms with Gasteiger partial charge in [0, 0.05) is 29.3 Å². The summed E-state index contributed by atoms with van der Waals surface area (Å²) in [5.74, 6) is 0. The van der Waals surface area contributed by atoms with Crippen LogP contribution in [-0.2, 0) is 6.54 Å². The van der Waals surface area contributed by atoms with Crippen molar-refractivity contribution in [2.45, 2.75) is 6.54 Å². The number of pyridine rings is 2. The molecule has 4 rings (SSSR count). The summed E-state index contributed by atoms with van der Waals surface area (Å²) in [6.07, 6.45) is 3.84. The third kappa shape index (κ3) is 2.64. The highest BCUT2D eigenvalue weighted by molar-refractivity contribution is 6.58. The molecule has 0 atom stereocenters. The Hall–Kier alpha value is -2.76. The molecule has 2 N–H and O–H groups in total. The van der Waals surface area contributed by atoms with Gasteiger partial charge in [0.1, 0.15) is 0 Å². The van der Waals surface area contributed by atoms with E-state index >= 15 is 0 Å². The number of hydrogen-bond acceptors (Lipinski definition) is 3. The minimum Gasteiger partial charge on any atom is -0.423 e. The van der Waals surface area contributed by atoms with Crippen molar-refractivity contribution < 1.29 is 14.6 Å². The Bertz CT molecular complexity index is 1030. The van der Waals surface area contributed by atoms with Gasteiger partial charge in [0.05, 0.1) is 10.9 Å². The zero-order valence-electron chi connectivity index (χ0n) is 13.0. The van der Waals surface area contributed by atoms with E-state index < -0.39 is 7.12 Å². The fraction of sp³-hybridized carbons (Fsp3) is 0.0526. The maximum atomic E-state index is 9.35. The standard InChI is InChI=1S/C19H16BN2O2/c23-20(24)15-5-1-4-14(12-15)13-22-11-3-7-17-16-6-2-10-21-18(16)8-9-19(17)22/h1-12,23-24H,13H2/q+1. The number of benzene rings is 2. The van der Waals surface area contributed by atoms with E-state index in [9.17, 15) is 10.0 Å². The van der Waals surface area contributed by atoms with Crippen LogP contribution in [0.1, 0.15) is 5.56 Å². The molecule has 0 aliphatic carbocycles. The van der Waals surface area contributed by atoms with E-state index in [0.717, 1.165) is 27.4 Å². The number of hydrogen-bond donors (Lipinski definition) is 2. The minimum atomic E-state index is -1.45. The molecule has 0 aliphatic rings. The molecule has 4 nitrogen and oxygen atoms in total. The van der Waals surface area contributed by atoms with Gasteiger partial charge in [-0.25, -0.2) is 0 Å². The van der Waals surface area contributed by atoms with Gasteiger partial charge in [-0.15, -0.1) is 0 Å². The Labute approximate surface area is 139 Å². The molecule has 0 radical (unpaired) electrons. The van der Waals surface area contributed by atoms with E-state index in [-0.39, 0.29) is 0 Å². The zero-order valence-corrected chi connectivity index (χ0v) is 13.0. The largest absolute Gasteiger partial charge is 0.488 e. The van der Waals surface area contributed by atoms with Crippen LogP contribution in [0.5, 0.6) is 0 Å². The van der Waals surface area contributed by atoms with E-state index in [0.29, 0.717) is 12.0 Å². The van der Waals surface area contributed by atoms with Crippen molar-refractivity contribution in [3.05, 3.63) is 78.6 Å². The maximum Gasteiger partial charge on any atom is 0.488 e. The first-order valence-corrected chi connectivity index (χ1v) is 7.83. The Kier molecular flexibility index (Phi) is 3.73. The van der Waals surface area contributed by atoms with E-state index in [1.807, 2.05) is 42.6 Å². The first-order valence-electron chi connectivity index (χ1n) is 7.83. The molecular formula is C19H16BN2O2+. The van der Waals surface area contributed by atoms with Crippen molar-refractivity contribution in [2.75, 3.05) is 0 Å². The van der Waals surface area contributed by atoms with Gasteiger partial charge in [-0.3, -0.25) is 4.98 Å². The highest BCUT2D eigenvalue weighted by Gasteiger charge is 2.14. The summed E-state index contributed by atoms with van der Waals surface area (Å²) < 4.78 is 2.16. The molecule has 0 fully saturated rings. The molecule has 5 heteroatoms. The monoisotopic (exact) mass is 315 g/mol. The molecule has 0 unspecified atom stereocenters. The van der Waals surface area contributed by atoms with E-state index in [1.165, 1.54) is 0 Å². The molecule has 0 aliphatic heterocycles. The highest BCUT2D eigenvalue weighted by Crippen LogP contribution is 2.21. The molecule has 0 bridgehead atoms. The average Bonchev–Trinajstić information content (AvgIpc) is 2.62. The van der Waals surface area contributed by atoms with Crippen LogP contribution in [-0.4, -0.2) is 22.2 Å². The van der Waals surface area contributed by atoms with Crippen molar-refractivity contribution in [2.24, 2.45) is 0 Å². The number of fused-ring (bicyclic) bond motifs is 3. The lowest BCUT2D eigenvalue weighted by atomic mass is 9.79. The predicted octanol–water partition coefficient (Wildman–Crippen LogP) is 1.40. The van der Waals surface area contributed by atoms with Crippen molar-refractivity contribution >= 4 is 34.4 Å². The average molecular weight is 315 g/mol. The van der Waals surface area contributed by atoms with Crippen LogP contribution < -0.4 is 10.0 Å². The molecule has 2 aromatic carbocycles. The molecule has 2 heterocycles. The molecule has 0 spiro atoms. The van der Waals surface area contributed by atoms with Crippen LogP contribution in [0.3, 0.4) is 0 Å². The molecule has 0 saturated carbocycles. The minimum absolute atomic E-state index is 0.503. The van der Waals surface area contributed by atoms with Crippen LogP contribution in [0.15, 0.2) is 73.1 Å². The normalized spacial score (nSPS) is 11.1. The van der Waals surface area contributed by atoms with Gasteiger partial charge in [0.2, 0.25) is 5.52 Å². The van der Waals surface area contributed by atoms with E-state index in [1.54, 1.807) is 12.3 Å². The van der Waals surface area contributed by atoms with Crippen molar-refractivity contribution in [3.8, 4) is 0 Å². The second-order valence-corrected chi connectivity index (χ2v) is 5.82. The van der Waals surface area contributed by atoms with E-state index in [2.05, 4.69) is 27.8 Å². The zero-order chi connectivity index (χ0) is 16.5. The Balaban J connectivity index is 1.82. The van der Waals surface area contributed by atoms with Gasteiger partial charge >= 0.3 is 7.12 Å². The van der Waals surface area contributed by atoms with Crippen molar-refractivity contribution in [1.29, 1.82) is 0 Å². The SMILES string of the molecule is OB(O)c1cccc(C[n+]2cccc3c4cccnc4ccc32)c1. The summed E-state index contributed by atoms with van der Waals surface area (Å²) in [7, 11) is -1.45. The third-order valence-corrected chi connectivity index (χ3v) is 4.24. The fourth-order valence-electron chi connectivity index (χ4n) is 3.10. The molecular weight excluding hydrogens is 299 g/mol. The van der Waals surface area contributed by atoms with Crippen LogP contribution in [0.25, 0.3) is 21.8 Å². The lowest BCUT2D eigenvalue weighted by Crippen LogP contribution is -2.36. The smallest absolute Gasteiger partial charge is 0.423 e. The molecule has 116 valence electrons. The summed E-state index contributed by atoms with van der Waals surface area (Å²) in [4.78, 5) is 4.41. The van der Waals surface area contributed by atoms with Gasteiger partial charge in [0.15, 0.2) is 12.7 Å². The van der Waals surface area contributed by atoms with Crippen LogP contribution >= 0.6 is 0 Å². The maximum absolute atomic E-state index is 9.35. The van der Waals surface area contributed by atoms with Crippen LogP contribution in [0.2, 0.25) is 0 Å². The van der Waals surface area contributed by atoms with Crippen LogP contribution in [0, 0.1) is 0 Å². The Morgan fingerprint density at radius 1 is 0.917 bits per heavy atom. The Morgan fingerprint density at radius 2 is 1.79 bits per heavy atom. The Morgan fingerprint density at radius 3 is 2.67 bits per heavy atom. The first kappa shape index (κ1) is 14.8. The topological polar surface area (TPSA) is 57.2 Å². The predicted molar refractivity (Wildman–Crippen MR) is 94.8 cm³/mol. The second-order valence-electron chi connectivity index (χ2n) is 5.82. The molecule has 4 aromatic rings. The third-order valence-electron chi connectivity index (χ3n) is 4.24. The molecule has 0 amide bonds. The van der Waals surface area contributed by atoms with Gasteiger partial charge < -0.3 is 10.0 Å². The highest BCUT2D eigenvalue weighted by atomic mass is 16.4. The van der Waals surface area contributed by atoms with Gasteiger partial charge in [-0.1, -0.05) is 30.3 Å². The molecule has 24 heavy (non-hydrogen) atoms. The summed E-state index contributed by atoms with van der Waals surface area (Å²) >= 11 is 0. The molecule has 2 aromatic heterocycles. The van der Waals surface area contributed by atoms with E-state index in [4.69, 9.17) is 0 Å². The number of nitrogens with zero attached hydrogens (tertiary/aromatic N) is 2. The lowest BCUT2D eigenvalue weighted by Gasteiger charge is -2.06. The van der Waals surface area contributed by atoms with Gasteiger partial charge in [-0.05, 0) is 23.7 Å². The van der Waals surface area contributed by atoms with Gasteiger partial charge in [0.25, 0.3) is 0 Å². The summed E-state index contributed by atoms with van der Waals surface area (Å²) in [5.41, 5.74) is 3.62. The summed E-state index contributed by atoms with van der Waals surface area (Å²) in [6.45, 7) is 0.656. The van der Waals surface area contributed by atoms with Gasteiger partial charge in [-0.2, -0.15) is 4.57 Å². The van der Waals surface area contributed by atoms with Crippen molar-refractivity contribution in [1.82, 2.24) is 4.98 Å². The quantitative estimate of drug-likeness (QED) is 0.341. The molecule has 0 saturated heterocycles. The number of rotatable bonds is 3. The number of aromatic nitrogens is 2. The van der Waals surface area contributed by atoms with Crippen LogP contribution in [0.4, 0.5) is 0 Å². The summed E-state index contributed by atoms with van der Waals surface area (Å²) in [5, 5.41) is 21.0. The second kappa shape index (κ2) is 6.04.